The van der Waals surface area contributed by atoms with Crippen molar-refractivity contribution in [1.82, 2.24) is 4.57 Å². The molecule has 0 spiro atoms. The number of nitrogens with zero attached hydrogens (tertiary/aromatic N) is 1. The zero-order valence-electron chi connectivity index (χ0n) is 19.7. The standard InChI is InChI=1S/C28H33NO4/c1-3-4-16-32-24-12-8-11-22-26-25(19-9-6-5-7-10-19)21-14-13-20(28(30)31-2)18-23(21)29(26)15-17-33-27(22)24/h8,11-14,18-19H,3-7,9-10,15-17H2,1-2H3. The highest BCUT2D eigenvalue weighted by molar-refractivity contribution is 5.99. The fourth-order valence-electron chi connectivity index (χ4n) is 5.48. The van der Waals surface area contributed by atoms with E-state index in [1.54, 1.807) is 0 Å². The zero-order valence-corrected chi connectivity index (χ0v) is 19.7. The number of aromatic nitrogens is 1. The molecule has 1 aliphatic heterocycles. The molecule has 2 aliphatic rings. The summed E-state index contributed by atoms with van der Waals surface area (Å²) in [6.45, 7) is 4.15. The minimum atomic E-state index is -0.302. The molecule has 1 fully saturated rings. The Balaban J connectivity index is 1.73. The van der Waals surface area contributed by atoms with Crippen molar-refractivity contribution in [2.75, 3.05) is 20.3 Å². The largest absolute Gasteiger partial charge is 0.490 e. The van der Waals surface area contributed by atoms with Crippen LogP contribution >= 0.6 is 0 Å². The molecule has 0 N–H and O–H groups in total. The van der Waals surface area contributed by atoms with Crippen molar-refractivity contribution in [1.29, 1.82) is 0 Å². The van der Waals surface area contributed by atoms with Gasteiger partial charge in [-0.2, -0.15) is 0 Å². The lowest BCUT2D eigenvalue weighted by Crippen LogP contribution is -2.07. The summed E-state index contributed by atoms with van der Waals surface area (Å²) in [6, 6.07) is 12.3. The number of hydrogen-bond donors (Lipinski definition) is 0. The lowest BCUT2D eigenvalue weighted by atomic mass is 9.81. The van der Waals surface area contributed by atoms with Gasteiger partial charge < -0.3 is 18.8 Å². The van der Waals surface area contributed by atoms with Gasteiger partial charge >= 0.3 is 5.97 Å². The molecule has 3 aromatic rings. The summed E-state index contributed by atoms with van der Waals surface area (Å²) in [5.41, 5.74) is 5.40. The third-order valence-corrected chi connectivity index (χ3v) is 7.09. The van der Waals surface area contributed by atoms with Crippen molar-refractivity contribution in [3.63, 3.8) is 0 Å². The van der Waals surface area contributed by atoms with E-state index in [1.807, 2.05) is 18.2 Å². The number of para-hydroxylation sites is 1. The molecule has 5 heteroatoms. The molecular weight excluding hydrogens is 414 g/mol. The maximum atomic E-state index is 12.3. The fourth-order valence-corrected chi connectivity index (χ4v) is 5.48. The van der Waals surface area contributed by atoms with Crippen LogP contribution in [0.2, 0.25) is 0 Å². The van der Waals surface area contributed by atoms with Crippen molar-refractivity contribution in [3.8, 4) is 22.8 Å². The van der Waals surface area contributed by atoms with Gasteiger partial charge in [0.05, 0.1) is 31.5 Å². The minimum absolute atomic E-state index is 0.302. The number of carbonyl (C=O) groups is 1. The highest BCUT2D eigenvalue weighted by Gasteiger charge is 2.30. The van der Waals surface area contributed by atoms with Gasteiger partial charge in [0.1, 0.15) is 6.61 Å². The van der Waals surface area contributed by atoms with E-state index in [1.165, 1.54) is 55.9 Å². The molecule has 2 heterocycles. The van der Waals surface area contributed by atoms with Crippen LogP contribution in [0, 0.1) is 0 Å². The molecule has 2 aromatic carbocycles. The molecule has 174 valence electrons. The molecule has 5 rings (SSSR count). The van der Waals surface area contributed by atoms with Crippen LogP contribution in [0.15, 0.2) is 36.4 Å². The molecule has 33 heavy (non-hydrogen) atoms. The van der Waals surface area contributed by atoms with E-state index >= 15 is 0 Å². The Bertz CT molecular complexity index is 1160. The first-order valence-electron chi connectivity index (χ1n) is 12.4. The second-order valence-corrected chi connectivity index (χ2v) is 9.16. The molecule has 1 saturated carbocycles. The molecule has 1 aliphatic carbocycles. The number of esters is 1. The average Bonchev–Trinajstić information content (AvgIpc) is 3.05. The number of hydrogen-bond acceptors (Lipinski definition) is 4. The van der Waals surface area contributed by atoms with Gasteiger partial charge in [0.25, 0.3) is 0 Å². The molecule has 0 unspecified atom stereocenters. The average molecular weight is 448 g/mol. The second-order valence-electron chi connectivity index (χ2n) is 9.16. The van der Waals surface area contributed by atoms with Gasteiger partial charge in [0, 0.05) is 16.5 Å². The van der Waals surface area contributed by atoms with E-state index < -0.39 is 0 Å². The van der Waals surface area contributed by atoms with Crippen LogP contribution in [0.3, 0.4) is 0 Å². The summed E-state index contributed by atoms with van der Waals surface area (Å²) in [5.74, 6) is 1.88. The van der Waals surface area contributed by atoms with Crippen molar-refractivity contribution < 1.29 is 19.0 Å². The number of unbranched alkanes of at least 4 members (excludes halogenated alkanes) is 1. The predicted octanol–water partition coefficient (Wildman–Crippen LogP) is 6.71. The van der Waals surface area contributed by atoms with Crippen molar-refractivity contribution in [2.24, 2.45) is 0 Å². The Morgan fingerprint density at radius 3 is 2.79 bits per heavy atom. The van der Waals surface area contributed by atoms with E-state index in [-0.39, 0.29) is 5.97 Å². The summed E-state index contributed by atoms with van der Waals surface area (Å²) < 4.78 is 19.8. The molecule has 0 atom stereocenters. The van der Waals surface area contributed by atoms with E-state index in [2.05, 4.69) is 29.7 Å². The third kappa shape index (κ3) is 3.98. The molecule has 1 aromatic heterocycles. The Morgan fingerprint density at radius 2 is 2.00 bits per heavy atom. The highest BCUT2D eigenvalue weighted by Crippen LogP contribution is 2.49. The first-order valence-corrected chi connectivity index (χ1v) is 12.4. The molecule has 0 radical (unpaired) electrons. The van der Waals surface area contributed by atoms with E-state index in [9.17, 15) is 4.79 Å². The van der Waals surface area contributed by atoms with Crippen molar-refractivity contribution in [2.45, 2.75) is 64.3 Å². The molecule has 0 amide bonds. The van der Waals surface area contributed by atoms with Crippen LogP contribution in [-0.2, 0) is 11.3 Å². The summed E-state index contributed by atoms with van der Waals surface area (Å²) in [5, 5.41) is 1.25. The number of rotatable bonds is 6. The minimum Gasteiger partial charge on any atom is -0.490 e. The molecule has 5 nitrogen and oxygen atoms in total. The van der Waals surface area contributed by atoms with Gasteiger partial charge in [-0.1, -0.05) is 44.7 Å². The molecule has 0 saturated heterocycles. The van der Waals surface area contributed by atoms with Crippen LogP contribution < -0.4 is 9.47 Å². The Kier molecular flexibility index (Phi) is 6.30. The normalized spacial score (nSPS) is 15.9. The Morgan fingerprint density at radius 1 is 1.15 bits per heavy atom. The summed E-state index contributed by atoms with van der Waals surface area (Å²) >= 11 is 0. The maximum absolute atomic E-state index is 12.3. The number of fused-ring (bicyclic) bond motifs is 5. The summed E-state index contributed by atoms with van der Waals surface area (Å²) in [6.07, 6.45) is 8.36. The third-order valence-electron chi connectivity index (χ3n) is 7.09. The van der Waals surface area contributed by atoms with Crippen molar-refractivity contribution in [3.05, 3.63) is 47.5 Å². The summed E-state index contributed by atoms with van der Waals surface area (Å²) in [4.78, 5) is 12.3. The van der Waals surface area contributed by atoms with Crippen LogP contribution in [0.4, 0.5) is 0 Å². The number of benzene rings is 2. The van der Waals surface area contributed by atoms with E-state index in [4.69, 9.17) is 14.2 Å². The van der Waals surface area contributed by atoms with Gasteiger partial charge in [0.15, 0.2) is 11.5 Å². The first-order chi connectivity index (χ1) is 16.2. The van der Waals surface area contributed by atoms with E-state index in [0.717, 1.165) is 42.0 Å². The van der Waals surface area contributed by atoms with Gasteiger partial charge in [0.2, 0.25) is 0 Å². The maximum Gasteiger partial charge on any atom is 0.337 e. The molecular formula is C28H33NO4. The van der Waals surface area contributed by atoms with Crippen LogP contribution in [-0.4, -0.2) is 30.9 Å². The quantitative estimate of drug-likeness (QED) is 0.311. The van der Waals surface area contributed by atoms with Crippen LogP contribution in [0.1, 0.15) is 73.7 Å². The van der Waals surface area contributed by atoms with Crippen LogP contribution in [0.25, 0.3) is 22.2 Å². The predicted molar refractivity (Wildman–Crippen MR) is 130 cm³/mol. The zero-order chi connectivity index (χ0) is 22.8. The smallest absolute Gasteiger partial charge is 0.337 e. The first kappa shape index (κ1) is 21.9. The van der Waals surface area contributed by atoms with Gasteiger partial charge in [-0.3, -0.25) is 0 Å². The lowest BCUT2D eigenvalue weighted by molar-refractivity contribution is 0.0601. The number of carbonyl (C=O) groups excluding carboxylic acids is 1. The fraction of sp³-hybridized carbons (Fsp3) is 0.464. The number of methoxy groups -OCH3 is 1. The summed E-state index contributed by atoms with van der Waals surface area (Å²) in [7, 11) is 1.43. The Labute approximate surface area is 195 Å². The molecule has 0 bridgehead atoms. The highest BCUT2D eigenvalue weighted by atomic mass is 16.5. The van der Waals surface area contributed by atoms with Crippen LogP contribution in [0.5, 0.6) is 11.5 Å². The second kappa shape index (κ2) is 9.50. The van der Waals surface area contributed by atoms with Gasteiger partial charge in [-0.25, -0.2) is 4.79 Å². The van der Waals surface area contributed by atoms with Crippen molar-refractivity contribution >= 4 is 16.9 Å². The lowest BCUT2D eigenvalue weighted by Gasteiger charge is -2.24. The Hall–Kier alpha value is -2.95. The van der Waals surface area contributed by atoms with Gasteiger partial charge in [-0.05, 0) is 55.0 Å². The monoisotopic (exact) mass is 447 g/mol. The van der Waals surface area contributed by atoms with Gasteiger partial charge in [-0.15, -0.1) is 0 Å². The van der Waals surface area contributed by atoms with E-state index in [0.29, 0.717) is 24.7 Å². The topological polar surface area (TPSA) is 49.7 Å². The number of ether oxygens (including phenoxy) is 3. The SMILES string of the molecule is CCCCOc1cccc2c1OCCn1c-2c(C2CCCCC2)c2ccc(C(=O)OC)cc21.